The second-order valence-electron chi connectivity index (χ2n) is 6.02. The van der Waals surface area contributed by atoms with Crippen molar-refractivity contribution in [1.82, 2.24) is 15.1 Å². The van der Waals surface area contributed by atoms with Crippen molar-refractivity contribution in [3.05, 3.63) is 30.0 Å². The number of para-hydroxylation sites is 1. The molecular formula is C17H23N3O. The quantitative estimate of drug-likeness (QED) is 0.936. The summed E-state index contributed by atoms with van der Waals surface area (Å²) in [5.74, 6) is 0.928. The number of carbonyl (C=O) groups is 1. The highest BCUT2D eigenvalue weighted by Gasteiger charge is 2.22. The predicted molar refractivity (Wildman–Crippen MR) is 84.2 cm³/mol. The molecule has 1 aromatic heterocycles. The molecule has 2 aromatic rings. The largest absolute Gasteiger partial charge is 0.339 e. The third kappa shape index (κ3) is 2.94. The van der Waals surface area contributed by atoms with E-state index in [1.807, 2.05) is 23.1 Å². The number of hydrogen-bond acceptors (Lipinski definition) is 2. The zero-order valence-corrected chi connectivity index (χ0v) is 12.6. The summed E-state index contributed by atoms with van der Waals surface area (Å²) >= 11 is 0. The lowest BCUT2D eigenvalue weighted by Crippen LogP contribution is -2.32. The monoisotopic (exact) mass is 285 g/mol. The average molecular weight is 285 g/mol. The number of amides is 1. The third-order valence-electron chi connectivity index (χ3n) is 4.54. The summed E-state index contributed by atoms with van der Waals surface area (Å²) in [6.07, 6.45) is 7.82. The maximum absolute atomic E-state index is 12.8. The maximum atomic E-state index is 12.8. The minimum Gasteiger partial charge on any atom is -0.339 e. The molecule has 1 atom stereocenters. The Bertz CT molecular complexity index is 619. The number of benzene rings is 1. The Morgan fingerprint density at radius 3 is 3.14 bits per heavy atom. The number of rotatable bonds is 3. The Morgan fingerprint density at radius 2 is 2.29 bits per heavy atom. The van der Waals surface area contributed by atoms with Crippen LogP contribution in [-0.4, -0.2) is 34.1 Å². The molecule has 1 N–H and O–H groups in total. The van der Waals surface area contributed by atoms with E-state index < -0.39 is 0 Å². The Morgan fingerprint density at radius 1 is 1.38 bits per heavy atom. The van der Waals surface area contributed by atoms with Crippen molar-refractivity contribution in [3.8, 4) is 0 Å². The molecule has 2 heterocycles. The number of carbonyl (C=O) groups excluding carboxylic acids is 1. The van der Waals surface area contributed by atoms with Gasteiger partial charge in [-0.3, -0.25) is 9.89 Å². The normalized spacial score (nSPS) is 19.7. The highest BCUT2D eigenvalue weighted by atomic mass is 16.2. The number of H-pyrrole nitrogens is 1. The van der Waals surface area contributed by atoms with Crippen LogP contribution in [0, 0.1) is 5.92 Å². The van der Waals surface area contributed by atoms with Gasteiger partial charge in [0.05, 0.1) is 17.3 Å². The summed E-state index contributed by atoms with van der Waals surface area (Å²) in [5.41, 5.74) is 1.61. The Balaban J connectivity index is 1.77. The smallest absolute Gasteiger partial charge is 0.256 e. The van der Waals surface area contributed by atoms with Crippen LogP contribution in [0.4, 0.5) is 0 Å². The molecule has 21 heavy (non-hydrogen) atoms. The molecule has 1 aromatic carbocycles. The van der Waals surface area contributed by atoms with Crippen molar-refractivity contribution < 1.29 is 4.79 Å². The van der Waals surface area contributed by atoms with Gasteiger partial charge in [0.1, 0.15) is 0 Å². The molecule has 0 unspecified atom stereocenters. The Labute approximate surface area is 125 Å². The number of aromatic amines is 1. The number of nitrogens with one attached hydrogen (secondary N) is 1. The second kappa shape index (κ2) is 6.29. The van der Waals surface area contributed by atoms with Crippen molar-refractivity contribution in [1.29, 1.82) is 0 Å². The molecule has 0 radical (unpaired) electrons. The molecule has 0 bridgehead atoms. The molecule has 1 aliphatic heterocycles. The molecular weight excluding hydrogens is 262 g/mol. The van der Waals surface area contributed by atoms with Crippen LogP contribution < -0.4 is 0 Å². The SMILES string of the molecule is CCC[C@H]1CCCN(C(=O)c2cccc3cn[nH]c23)CC1. The third-order valence-corrected chi connectivity index (χ3v) is 4.54. The first kappa shape index (κ1) is 14.1. The van der Waals surface area contributed by atoms with Crippen LogP contribution in [0.25, 0.3) is 10.9 Å². The van der Waals surface area contributed by atoms with Gasteiger partial charge >= 0.3 is 0 Å². The second-order valence-corrected chi connectivity index (χ2v) is 6.02. The van der Waals surface area contributed by atoms with Crippen LogP contribution in [0.1, 0.15) is 49.4 Å². The maximum Gasteiger partial charge on any atom is 0.256 e. The van der Waals surface area contributed by atoms with Gasteiger partial charge in [0.15, 0.2) is 0 Å². The fourth-order valence-electron chi connectivity index (χ4n) is 3.38. The van der Waals surface area contributed by atoms with Crippen molar-refractivity contribution in [2.75, 3.05) is 13.1 Å². The standard InChI is InChI=1S/C17H23N3O/c1-2-5-13-6-4-10-20(11-9-13)17(21)15-8-3-7-14-12-18-19-16(14)15/h3,7-8,12-13H,2,4-6,9-11H2,1H3,(H,18,19)/t13-/m0/s1. The lowest BCUT2D eigenvalue weighted by Gasteiger charge is -2.21. The van der Waals surface area contributed by atoms with Gasteiger partial charge in [0, 0.05) is 18.5 Å². The van der Waals surface area contributed by atoms with Crippen LogP contribution in [0.5, 0.6) is 0 Å². The summed E-state index contributed by atoms with van der Waals surface area (Å²) in [6.45, 7) is 4.00. The van der Waals surface area contributed by atoms with E-state index in [-0.39, 0.29) is 5.91 Å². The predicted octanol–water partition coefficient (Wildman–Crippen LogP) is 3.61. The van der Waals surface area contributed by atoms with Crippen molar-refractivity contribution in [2.24, 2.45) is 5.92 Å². The summed E-state index contributed by atoms with van der Waals surface area (Å²) in [6, 6.07) is 5.81. The number of hydrogen-bond donors (Lipinski definition) is 1. The minimum absolute atomic E-state index is 0.141. The molecule has 1 fully saturated rings. The van der Waals surface area contributed by atoms with E-state index in [0.717, 1.165) is 48.3 Å². The molecule has 1 amide bonds. The molecule has 4 nitrogen and oxygen atoms in total. The zero-order valence-electron chi connectivity index (χ0n) is 12.6. The van der Waals surface area contributed by atoms with Crippen molar-refractivity contribution >= 4 is 16.8 Å². The summed E-state index contributed by atoms with van der Waals surface area (Å²) in [7, 11) is 0. The molecule has 3 rings (SSSR count). The number of likely N-dealkylation sites (tertiary alicyclic amines) is 1. The van der Waals surface area contributed by atoms with Crippen molar-refractivity contribution in [2.45, 2.75) is 39.0 Å². The highest BCUT2D eigenvalue weighted by molar-refractivity contribution is 6.05. The molecule has 0 aliphatic carbocycles. The van der Waals surface area contributed by atoms with E-state index in [1.165, 1.54) is 19.3 Å². The van der Waals surface area contributed by atoms with Gasteiger partial charge in [-0.15, -0.1) is 0 Å². The zero-order chi connectivity index (χ0) is 14.7. The number of fused-ring (bicyclic) bond motifs is 1. The number of nitrogens with zero attached hydrogens (tertiary/aromatic N) is 2. The lowest BCUT2D eigenvalue weighted by atomic mass is 9.96. The first-order chi connectivity index (χ1) is 10.3. The molecule has 0 spiro atoms. The van der Waals surface area contributed by atoms with Crippen LogP contribution in [-0.2, 0) is 0 Å². The minimum atomic E-state index is 0.141. The van der Waals surface area contributed by atoms with Crippen LogP contribution in [0.15, 0.2) is 24.4 Å². The van der Waals surface area contributed by atoms with Gasteiger partial charge in [0.2, 0.25) is 0 Å². The summed E-state index contributed by atoms with van der Waals surface area (Å²) in [5, 5.41) is 8.00. The van der Waals surface area contributed by atoms with E-state index in [2.05, 4.69) is 17.1 Å². The van der Waals surface area contributed by atoms with Crippen LogP contribution in [0.2, 0.25) is 0 Å². The van der Waals surface area contributed by atoms with Crippen LogP contribution in [0.3, 0.4) is 0 Å². The van der Waals surface area contributed by atoms with Gasteiger partial charge in [-0.2, -0.15) is 5.10 Å². The fourth-order valence-corrected chi connectivity index (χ4v) is 3.38. The topological polar surface area (TPSA) is 49.0 Å². The van der Waals surface area contributed by atoms with Gasteiger partial charge in [-0.05, 0) is 31.2 Å². The van der Waals surface area contributed by atoms with Gasteiger partial charge in [-0.25, -0.2) is 0 Å². The molecule has 4 heteroatoms. The van der Waals surface area contributed by atoms with Gasteiger partial charge in [-0.1, -0.05) is 31.9 Å². The molecule has 112 valence electrons. The fraction of sp³-hybridized carbons (Fsp3) is 0.529. The first-order valence-corrected chi connectivity index (χ1v) is 8.01. The van der Waals surface area contributed by atoms with E-state index in [4.69, 9.17) is 0 Å². The first-order valence-electron chi connectivity index (χ1n) is 8.01. The average Bonchev–Trinajstić information content (AvgIpc) is 2.86. The van der Waals surface area contributed by atoms with Crippen LogP contribution >= 0.6 is 0 Å². The van der Waals surface area contributed by atoms with Gasteiger partial charge < -0.3 is 4.90 Å². The molecule has 0 saturated carbocycles. The molecule has 1 aliphatic rings. The number of aromatic nitrogens is 2. The van der Waals surface area contributed by atoms with Crippen molar-refractivity contribution in [3.63, 3.8) is 0 Å². The highest BCUT2D eigenvalue weighted by Crippen LogP contribution is 2.24. The van der Waals surface area contributed by atoms with E-state index in [1.54, 1.807) is 6.20 Å². The van der Waals surface area contributed by atoms with E-state index in [0.29, 0.717) is 0 Å². The lowest BCUT2D eigenvalue weighted by molar-refractivity contribution is 0.0761. The Kier molecular flexibility index (Phi) is 4.23. The summed E-state index contributed by atoms with van der Waals surface area (Å²) in [4.78, 5) is 14.8. The van der Waals surface area contributed by atoms with E-state index in [9.17, 15) is 4.79 Å². The molecule has 1 saturated heterocycles. The van der Waals surface area contributed by atoms with Gasteiger partial charge in [0.25, 0.3) is 5.91 Å². The summed E-state index contributed by atoms with van der Waals surface area (Å²) < 4.78 is 0. The Hall–Kier alpha value is -1.84. The van der Waals surface area contributed by atoms with E-state index >= 15 is 0 Å².